The number of carbonyl (C=O) groups is 1. The van der Waals surface area contributed by atoms with E-state index in [1.807, 2.05) is 38.2 Å². The molecule has 1 spiro atoms. The number of hydrogen-bond acceptors (Lipinski definition) is 6. The Balaban J connectivity index is 1.45. The molecule has 1 N–H and O–H groups in total. The van der Waals surface area contributed by atoms with Crippen LogP contribution in [-0.4, -0.2) is 46.7 Å². The van der Waals surface area contributed by atoms with Crippen molar-refractivity contribution in [2.24, 2.45) is 0 Å². The molecule has 1 atom stereocenters. The number of nitriles is 1. The summed E-state index contributed by atoms with van der Waals surface area (Å²) in [6.45, 7) is 4.84. The third-order valence-electron chi connectivity index (χ3n) is 6.92. The van der Waals surface area contributed by atoms with Crippen LogP contribution in [0.3, 0.4) is 0 Å². The van der Waals surface area contributed by atoms with E-state index in [2.05, 4.69) is 29.3 Å². The molecule has 1 aliphatic carbocycles. The van der Waals surface area contributed by atoms with Gasteiger partial charge in [0, 0.05) is 30.3 Å². The minimum absolute atomic E-state index is 0.00147. The minimum Gasteiger partial charge on any atom is -0.490 e. The third-order valence-corrected chi connectivity index (χ3v) is 8.00. The average Bonchev–Trinajstić information content (AvgIpc) is 3.58. The first-order chi connectivity index (χ1) is 16.4. The Morgan fingerprint density at radius 2 is 2.18 bits per heavy atom. The van der Waals surface area contributed by atoms with E-state index in [0.717, 1.165) is 34.7 Å². The Morgan fingerprint density at radius 3 is 2.94 bits per heavy atom. The van der Waals surface area contributed by atoms with Crippen LogP contribution >= 0.6 is 11.3 Å². The van der Waals surface area contributed by atoms with Crippen molar-refractivity contribution >= 4 is 17.2 Å². The minimum atomic E-state index is -0.426. The van der Waals surface area contributed by atoms with Gasteiger partial charge in [0.25, 0.3) is 0 Å². The number of rotatable bonds is 5. The maximum atomic E-state index is 12.1. The predicted molar refractivity (Wildman–Crippen MR) is 132 cm³/mol. The van der Waals surface area contributed by atoms with Crippen molar-refractivity contribution in [2.45, 2.75) is 44.6 Å². The second kappa shape index (κ2) is 8.86. The Labute approximate surface area is 203 Å². The zero-order valence-electron chi connectivity index (χ0n) is 19.4. The number of hydrogen-bond donors (Lipinski definition) is 1. The highest BCUT2D eigenvalue weighted by atomic mass is 32.1. The second-order valence-corrected chi connectivity index (χ2v) is 10.4. The lowest BCUT2D eigenvalue weighted by atomic mass is 9.81. The number of ether oxygens (including phenoxy) is 1. The molecule has 0 saturated carbocycles. The fourth-order valence-electron chi connectivity index (χ4n) is 5.33. The molecule has 1 saturated heterocycles. The molecule has 6 nitrogen and oxygen atoms in total. The van der Waals surface area contributed by atoms with Gasteiger partial charge in [-0.1, -0.05) is 18.2 Å². The number of fused-ring (bicyclic) bond motifs is 2. The van der Waals surface area contributed by atoms with Crippen molar-refractivity contribution in [1.29, 1.82) is 5.26 Å². The van der Waals surface area contributed by atoms with Crippen LogP contribution in [0, 0.1) is 11.3 Å². The van der Waals surface area contributed by atoms with E-state index in [-0.39, 0.29) is 17.4 Å². The average molecular weight is 474 g/mol. The lowest BCUT2D eigenvalue weighted by molar-refractivity contribution is -0.133. The Hall–Kier alpha value is -3.21. The summed E-state index contributed by atoms with van der Waals surface area (Å²) in [6.07, 6.45) is 4.84. The van der Waals surface area contributed by atoms with Gasteiger partial charge in [-0.05, 0) is 68.0 Å². The number of aliphatic hydroxyl groups excluding tert-OH is 1. The van der Waals surface area contributed by atoms with Gasteiger partial charge in [-0.25, -0.2) is 4.98 Å². The molecule has 2 heterocycles. The quantitative estimate of drug-likeness (QED) is 0.588. The number of nitrogens with zero attached hydrogens (tertiary/aromatic N) is 3. The monoisotopic (exact) mass is 473 g/mol. The third kappa shape index (κ3) is 3.87. The summed E-state index contributed by atoms with van der Waals surface area (Å²) >= 11 is 1.63. The zero-order valence-corrected chi connectivity index (χ0v) is 20.2. The molecular weight excluding hydrogens is 446 g/mol. The lowest BCUT2D eigenvalue weighted by Crippen LogP contribution is -2.34. The Morgan fingerprint density at radius 1 is 1.32 bits per heavy atom. The zero-order chi connectivity index (χ0) is 23.9. The first-order valence-corrected chi connectivity index (χ1v) is 12.4. The van der Waals surface area contributed by atoms with Crippen LogP contribution in [0.5, 0.6) is 5.75 Å². The van der Waals surface area contributed by atoms with Gasteiger partial charge in [-0.3, -0.25) is 4.79 Å². The van der Waals surface area contributed by atoms with Crippen LogP contribution in [0.4, 0.5) is 0 Å². The van der Waals surface area contributed by atoms with Crippen LogP contribution in [0.1, 0.15) is 43.4 Å². The van der Waals surface area contributed by atoms with Crippen LogP contribution in [-0.2, 0) is 16.6 Å². The van der Waals surface area contributed by atoms with E-state index in [1.54, 1.807) is 16.2 Å². The fraction of sp³-hybridized carbons (Fsp3) is 0.370. The molecule has 174 valence electrons. The van der Waals surface area contributed by atoms with Crippen molar-refractivity contribution in [3.8, 4) is 32.8 Å². The Kier molecular flexibility index (Phi) is 5.88. The van der Waals surface area contributed by atoms with Crippen LogP contribution < -0.4 is 4.74 Å². The van der Waals surface area contributed by atoms with Gasteiger partial charge in [-0.2, -0.15) is 5.26 Å². The van der Waals surface area contributed by atoms with Gasteiger partial charge in [0.15, 0.2) is 0 Å². The molecule has 1 aromatic heterocycles. The number of amides is 1. The van der Waals surface area contributed by atoms with Gasteiger partial charge in [0.05, 0.1) is 16.5 Å². The van der Waals surface area contributed by atoms with Crippen molar-refractivity contribution in [3.63, 3.8) is 0 Å². The molecule has 1 aliphatic heterocycles. The van der Waals surface area contributed by atoms with Gasteiger partial charge < -0.3 is 14.7 Å². The molecular formula is C27H27N3O3S. The maximum absolute atomic E-state index is 12.1. The van der Waals surface area contributed by atoms with Crippen molar-refractivity contribution in [1.82, 2.24) is 9.88 Å². The highest BCUT2D eigenvalue weighted by Gasteiger charge is 2.45. The largest absolute Gasteiger partial charge is 0.490 e. The van der Waals surface area contributed by atoms with E-state index in [0.29, 0.717) is 24.4 Å². The highest BCUT2D eigenvalue weighted by molar-refractivity contribution is 7.18. The number of likely N-dealkylation sites (tertiary alicyclic amines) is 1. The molecule has 1 amide bonds. The first kappa shape index (κ1) is 22.6. The number of benzene rings is 2. The molecule has 7 heteroatoms. The number of thiazole rings is 1. The van der Waals surface area contributed by atoms with Crippen molar-refractivity contribution < 1.29 is 14.6 Å². The second-order valence-electron chi connectivity index (χ2n) is 9.35. The van der Waals surface area contributed by atoms with Crippen LogP contribution in [0.25, 0.3) is 21.0 Å². The SMILES string of the molecule is CC(C)Oc1ccc(-c2ncc(-c3cccc4c3CCC43CCN(C(=O)CO)C3)s2)cc1C#N. The standard InChI is InChI=1S/C27H27N3O3S/c1-17(2)33-23-7-6-18(12-19(23)13-28)26-29-14-24(34-26)21-4-3-5-22-20(21)8-9-27(22)10-11-30(16-27)25(32)15-31/h3-7,12,14,17,31H,8-11,15-16H2,1-2H3. The summed E-state index contributed by atoms with van der Waals surface area (Å²) < 4.78 is 5.75. The molecule has 2 aliphatic rings. The molecule has 0 radical (unpaired) electrons. The number of carbonyl (C=O) groups excluding carboxylic acids is 1. The molecule has 1 fully saturated rings. The van der Waals surface area contributed by atoms with Crippen molar-refractivity contribution in [2.75, 3.05) is 19.7 Å². The molecule has 2 aromatic carbocycles. The molecule has 1 unspecified atom stereocenters. The van der Waals surface area contributed by atoms with E-state index in [4.69, 9.17) is 4.74 Å². The van der Waals surface area contributed by atoms with E-state index >= 15 is 0 Å². The predicted octanol–water partition coefficient (Wildman–Crippen LogP) is 4.54. The molecule has 5 rings (SSSR count). The number of aliphatic hydroxyl groups is 1. The van der Waals surface area contributed by atoms with E-state index in [1.165, 1.54) is 16.7 Å². The normalized spacial score (nSPS) is 19.0. The summed E-state index contributed by atoms with van der Waals surface area (Å²) in [5, 5.41) is 19.7. The molecule has 34 heavy (non-hydrogen) atoms. The first-order valence-electron chi connectivity index (χ1n) is 11.6. The van der Waals surface area contributed by atoms with Crippen LogP contribution in [0.15, 0.2) is 42.6 Å². The summed E-state index contributed by atoms with van der Waals surface area (Å²) in [6, 6.07) is 14.3. The van der Waals surface area contributed by atoms with E-state index in [9.17, 15) is 15.2 Å². The molecule has 3 aromatic rings. The summed E-state index contributed by atoms with van der Waals surface area (Å²) in [5.74, 6) is 0.407. The summed E-state index contributed by atoms with van der Waals surface area (Å²) in [7, 11) is 0. The molecule has 0 bridgehead atoms. The van der Waals surface area contributed by atoms with Gasteiger partial charge in [0.1, 0.15) is 23.4 Å². The number of aromatic nitrogens is 1. The topological polar surface area (TPSA) is 86.4 Å². The fourth-order valence-corrected chi connectivity index (χ4v) is 6.30. The Bertz CT molecular complexity index is 1290. The summed E-state index contributed by atoms with van der Waals surface area (Å²) in [5.41, 5.74) is 5.27. The highest BCUT2D eigenvalue weighted by Crippen LogP contribution is 2.49. The van der Waals surface area contributed by atoms with Gasteiger partial charge in [-0.15, -0.1) is 11.3 Å². The van der Waals surface area contributed by atoms with E-state index < -0.39 is 6.61 Å². The van der Waals surface area contributed by atoms with Gasteiger partial charge >= 0.3 is 0 Å². The van der Waals surface area contributed by atoms with Crippen LogP contribution in [0.2, 0.25) is 0 Å². The maximum Gasteiger partial charge on any atom is 0.248 e. The smallest absolute Gasteiger partial charge is 0.248 e. The summed E-state index contributed by atoms with van der Waals surface area (Å²) in [4.78, 5) is 19.6. The van der Waals surface area contributed by atoms with Crippen molar-refractivity contribution in [3.05, 3.63) is 59.3 Å². The lowest BCUT2D eigenvalue weighted by Gasteiger charge is -2.25. The van der Waals surface area contributed by atoms with Gasteiger partial charge in [0.2, 0.25) is 5.91 Å².